The van der Waals surface area contributed by atoms with E-state index in [9.17, 15) is 26.7 Å². The summed E-state index contributed by atoms with van der Waals surface area (Å²) in [6.45, 7) is -0.771. The molecule has 1 N–H and O–H groups in total. The molecule has 2 heterocycles. The summed E-state index contributed by atoms with van der Waals surface area (Å²) in [5.41, 5.74) is -5.16. The Balaban J connectivity index is 2.10. The summed E-state index contributed by atoms with van der Waals surface area (Å²) in [5, 5.41) is 10.2. The van der Waals surface area contributed by atoms with Gasteiger partial charge in [-0.2, -0.15) is 17.5 Å². The summed E-state index contributed by atoms with van der Waals surface area (Å²) in [7, 11) is -5.64. The molecular formula is C17H14F3NO3S. The molecule has 2 aromatic rings. The van der Waals surface area contributed by atoms with E-state index in [0.717, 1.165) is 5.56 Å². The Hall–Kier alpha value is -1.90. The van der Waals surface area contributed by atoms with Gasteiger partial charge >= 0.3 is 15.5 Å². The maximum atomic E-state index is 13.4. The molecule has 0 aliphatic carbocycles. The fourth-order valence-electron chi connectivity index (χ4n) is 4.17. The van der Waals surface area contributed by atoms with Crippen LogP contribution in [0.15, 0.2) is 48.5 Å². The van der Waals surface area contributed by atoms with Crippen LogP contribution in [0.1, 0.15) is 28.3 Å². The monoisotopic (exact) mass is 369 g/mol. The molecule has 25 heavy (non-hydrogen) atoms. The maximum Gasteiger partial charge on any atom is 0.511 e. The first-order valence-corrected chi connectivity index (χ1v) is 9.08. The molecule has 2 atom stereocenters. The number of halogens is 3. The molecule has 0 amide bonds. The van der Waals surface area contributed by atoms with E-state index in [4.69, 9.17) is 0 Å². The second kappa shape index (κ2) is 5.06. The van der Waals surface area contributed by atoms with Crippen molar-refractivity contribution in [2.75, 3.05) is 6.61 Å². The zero-order chi connectivity index (χ0) is 18.0. The van der Waals surface area contributed by atoms with Gasteiger partial charge in [-0.1, -0.05) is 48.5 Å². The molecule has 2 unspecified atom stereocenters. The van der Waals surface area contributed by atoms with Crippen molar-refractivity contribution in [3.05, 3.63) is 70.8 Å². The predicted octanol–water partition coefficient (Wildman–Crippen LogP) is 2.68. The van der Waals surface area contributed by atoms with Gasteiger partial charge in [-0.3, -0.25) is 0 Å². The third-order valence-electron chi connectivity index (χ3n) is 5.08. The summed E-state index contributed by atoms with van der Waals surface area (Å²) < 4.78 is 65.4. The van der Waals surface area contributed by atoms with E-state index < -0.39 is 33.7 Å². The zero-order valence-corrected chi connectivity index (χ0v) is 13.7. The highest BCUT2D eigenvalue weighted by atomic mass is 32.2. The number of alkyl halides is 3. The molecule has 0 fully saturated rings. The van der Waals surface area contributed by atoms with E-state index in [1.54, 1.807) is 48.5 Å². The quantitative estimate of drug-likeness (QED) is 0.886. The van der Waals surface area contributed by atoms with Gasteiger partial charge in [0.2, 0.25) is 0 Å². The molecular weight excluding hydrogens is 355 g/mol. The molecule has 132 valence electrons. The van der Waals surface area contributed by atoms with Crippen molar-refractivity contribution in [2.45, 2.75) is 23.5 Å². The van der Waals surface area contributed by atoms with E-state index in [2.05, 4.69) is 0 Å². The molecule has 0 aromatic heterocycles. The van der Waals surface area contributed by atoms with Crippen molar-refractivity contribution in [1.82, 2.24) is 4.31 Å². The number of aliphatic hydroxyl groups excluding tert-OH is 1. The molecule has 4 rings (SSSR count). The maximum absolute atomic E-state index is 13.4. The van der Waals surface area contributed by atoms with Crippen LogP contribution in [-0.4, -0.2) is 29.9 Å². The lowest BCUT2D eigenvalue weighted by Crippen LogP contribution is -2.56. The van der Waals surface area contributed by atoms with Crippen LogP contribution in [-0.2, 0) is 22.0 Å². The molecule has 4 nitrogen and oxygen atoms in total. The number of hydrogen-bond donors (Lipinski definition) is 1. The molecule has 2 aliphatic rings. The molecule has 0 saturated carbocycles. The lowest BCUT2D eigenvalue weighted by atomic mass is 9.81. The van der Waals surface area contributed by atoms with Gasteiger partial charge in [0.05, 0.1) is 12.6 Å². The number of rotatable bonds is 2. The number of sulfonamides is 1. The normalized spacial score (nSPS) is 25.5. The van der Waals surface area contributed by atoms with Crippen molar-refractivity contribution in [3.63, 3.8) is 0 Å². The van der Waals surface area contributed by atoms with Crippen LogP contribution >= 0.6 is 0 Å². The van der Waals surface area contributed by atoms with E-state index in [1.807, 2.05) is 0 Å². The van der Waals surface area contributed by atoms with Crippen molar-refractivity contribution >= 4 is 10.0 Å². The summed E-state index contributed by atoms with van der Waals surface area (Å²) in [5.74, 6) is 0. The van der Waals surface area contributed by atoms with Crippen LogP contribution in [0.5, 0.6) is 0 Å². The molecule has 0 saturated heterocycles. The third kappa shape index (κ3) is 1.93. The Morgan fingerprint density at radius 1 is 1.08 bits per heavy atom. The minimum atomic E-state index is -5.64. The fourth-order valence-corrected chi connectivity index (χ4v) is 5.58. The van der Waals surface area contributed by atoms with Crippen LogP contribution in [0.3, 0.4) is 0 Å². The average Bonchev–Trinajstić information content (AvgIpc) is 2.80. The van der Waals surface area contributed by atoms with Crippen LogP contribution < -0.4 is 0 Å². The van der Waals surface area contributed by atoms with Crippen LogP contribution in [0.25, 0.3) is 0 Å². The number of aliphatic hydroxyl groups is 1. The van der Waals surface area contributed by atoms with Crippen molar-refractivity contribution < 1.29 is 26.7 Å². The van der Waals surface area contributed by atoms with Crippen molar-refractivity contribution in [2.24, 2.45) is 0 Å². The summed E-state index contributed by atoms with van der Waals surface area (Å²) in [6, 6.07) is 12.3. The second-order valence-electron chi connectivity index (χ2n) is 6.23. The largest absolute Gasteiger partial charge is 0.511 e. The van der Waals surface area contributed by atoms with Crippen LogP contribution in [0.2, 0.25) is 0 Å². The molecule has 2 aromatic carbocycles. The Morgan fingerprint density at radius 2 is 1.68 bits per heavy atom. The minimum absolute atomic E-state index is 0.129. The van der Waals surface area contributed by atoms with Gasteiger partial charge in [0.15, 0.2) is 0 Å². The highest BCUT2D eigenvalue weighted by molar-refractivity contribution is 7.90. The number of nitrogens with zero attached hydrogens (tertiary/aromatic N) is 1. The first kappa shape index (κ1) is 16.6. The smallest absolute Gasteiger partial charge is 0.394 e. The Morgan fingerprint density at radius 3 is 2.32 bits per heavy atom. The van der Waals surface area contributed by atoms with Gasteiger partial charge in [0, 0.05) is 0 Å². The van der Waals surface area contributed by atoms with Gasteiger partial charge < -0.3 is 5.11 Å². The van der Waals surface area contributed by atoms with E-state index in [-0.39, 0.29) is 6.42 Å². The SMILES string of the molecule is O=S(=O)(N1C2Cc3ccccc3C1(CO)c1ccccc12)C(F)(F)F. The standard InChI is InChI=1S/C17H14F3NO3S/c18-17(19,20)25(23,24)21-15-9-11-5-1-3-7-13(11)16(21,10-22)14-8-4-2-6-12(14)15/h1-8,15,22H,9-10H2. The number of fused-ring (bicyclic) bond motifs is 7. The van der Waals surface area contributed by atoms with Gasteiger partial charge in [-0.15, -0.1) is 0 Å². The van der Waals surface area contributed by atoms with Gasteiger partial charge in [-0.05, 0) is 28.7 Å². The van der Waals surface area contributed by atoms with Gasteiger partial charge in [0.1, 0.15) is 5.54 Å². The van der Waals surface area contributed by atoms with Crippen molar-refractivity contribution in [3.8, 4) is 0 Å². The predicted molar refractivity (Wildman–Crippen MR) is 84.0 cm³/mol. The summed E-state index contributed by atoms with van der Waals surface area (Å²) in [4.78, 5) is 0. The van der Waals surface area contributed by atoms with Gasteiger partial charge in [-0.25, -0.2) is 8.42 Å². The summed E-state index contributed by atoms with van der Waals surface area (Å²) in [6.07, 6.45) is 0.129. The molecule has 2 bridgehead atoms. The second-order valence-corrected chi connectivity index (χ2v) is 8.04. The Labute approximate surface area is 142 Å². The van der Waals surface area contributed by atoms with E-state index in [0.29, 0.717) is 21.0 Å². The minimum Gasteiger partial charge on any atom is -0.394 e. The highest BCUT2D eigenvalue weighted by Gasteiger charge is 2.65. The average molecular weight is 369 g/mol. The number of benzene rings is 2. The van der Waals surface area contributed by atoms with Crippen LogP contribution in [0.4, 0.5) is 13.2 Å². The van der Waals surface area contributed by atoms with Crippen molar-refractivity contribution in [1.29, 1.82) is 0 Å². The molecule has 8 heteroatoms. The lowest BCUT2D eigenvalue weighted by Gasteiger charge is -2.44. The fraction of sp³-hybridized carbons (Fsp3) is 0.294. The molecule has 0 radical (unpaired) electrons. The Kier molecular flexibility index (Phi) is 3.35. The first-order valence-electron chi connectivity index (χ1n) is 7.64. The Bertz CT molecular complexity index is 945. The van der Waals surface area contributed by atoms with E-state index in [1.165, 1.54) is 0 Å². The topological polar surface area (TPSA) is 57.6 Å². The van der Waals surface area contributed by atoms with Gasteiger partial charge in [0.25, 0.3) is 0 Å². The van der Waals surface area contributed by atoms with E-state index >= 15 is 0 Å². The molecule has 2 aliphatic heterocycles. The lowest BCUT2D eigenvalue weighted by molar-refractivity contribution is -0.0550. The third-order valence-corrected chi connectivity index (χ3v) is 6.75. The summed E-state index contributed by atoms with van der Waals surface area (Å²) >= 11 is 0. The highest BCUT2D eigenvalue weighted by Crippen LogP contribution is 2.58. The van der Waals surface area contributed by atoms with Crippen LogP contribution in [0, 0.1) is 0 Å². The number of hydrogen-bond acceptors (Lipinski definition) is 3. The first-order chi connectivity index (χ1) is 11.7. The zero-order valence-electron chi connectivity index (χ0n) is 12.9. The molecule has 0 spiro atoms.